The number of amides is 1. The van der Waals surface area contributed by atoms with Gasteiger partial charge in [-0.2, -0.15) is 5.26 Å². The van der Waals surface area contributed by atoms with Crippen LogP contribution in [0.4, 0.5) is 11.4 Å². The molecule has 1 aliphatic rings. The summed E-state index contributed by atoms with van der Waals surface area (Å²) in [5.74, 6) is -3.18. The second kappa shape index (κ2) is 11.4. The van der Waals surface area contributed by atoms with Gasteiger partial charge in [0.2, 0.25) is 0 Å². The largest absolute Gasteiger partial charge is 0.466 e. The molecule has 39 heavy (non-hydrogen) atoms. The molecule has 0 radical (unpaired) electrons. The zero-order valence-corrected chi connectivity index (χ0v) is 21.6. The first-order valence-corrected chi connectivity index (χ1v) is 11.9. The van der Waals surface area contributed by atoms with Gasteiger partial charge in [-0.05, 0) is 42.8 Å². The number of esters is 2. The van der Waals surface area contributed by atoms with Crippen molar-refractivity contribution in [1.29, 1.82) is 5.26 Å². The van der Waals surface area contributed by atoms with Crippen molar-refractivity contribution in [1.82, 2.24) is 0 Å². The molecule has 1 unspecified atom stereocenters. The molecule has 0 saturated carbocycles. The average molecular weight is 523 g/mol. The van der Waals surface area contributed by atoms with E-state index in [4.69, 9.17) is 15.2 Å². The van der Waals surface area contributed by atoms with Gasteiger partial charge in [-0.1, -0.05) is 54.1 Å². The standard InChI is InChI=1S/C30H26N4O5/c1-18-12-14-21(15-13-18)33-28(35)20-10-7-11-22(16-20)34-26(30(37)39-3)25(29(36)38-2)24(23(17-31)27(34)32)19-8-5-4-6-9-19/h4-16,24H,32H2,1-3H3,(H,33,35). The van der Waals surface area contributed by atoms with Gasteiger partial charge in [0.05, 0.1) is 37.4 Å². The minimum absolute atomic E-state index is 0.0313. The summed E-state index contributed by atoms with van der Waals surface area (Å²) in [6, 6.07) is 24.4. The van der Waals surface area contributed by atoms with E-state index >= 15 is 0 Å². The minimum Gasteiger partial charge on any atom is -0.466 e. The molecule has 0 aromatic heterocycles. The van der Waals surface area contributed by atoms with Crippen LogP contribution in [0.25, 0.3) is 0 Å². The molecule has 1 heterocycles. The summed E-state index contributed by atoms with van der Waals surface area (Å²) in [5, 5.41) is 13.0. The smallest absolute Gasteiger partial charge is 0.355 e. The first-order valence-electron chi connectivity index (χ1n) is 11.9. The first-order chi connectivity index (χ1) is 18.8. The maximum atomic E-state index is 13.2. The lowest BCUT2D eigenvalue weighted by molar-refractivity contribution is -0.139. The highest BCUT2D eigenvalue weighted by molar-refractivity contribution is 6.08. The molecular weight excluding hydrogens is 496 g/mol. The van der Waals surface area contributed by atoms with E-state index in [1.807, 2.05) is 19.1 Å². The number of rotatable bonds is 6. The van der Waals surface area contributed by atoms with Crippen molar-refractivity contribution in [3.8, 4) is 6.07 Å². The van der Waals surface area contributed by atoms with Crippen molar-refractivity contribution in [2.75, 3.05) is 24.4 Å². The third kappa shape index (κ3) is 5.22. The van der Waals surface area contributed by atoms with Crippen LogP contribution >= 0.6 is 0 Å². The van der Waals surface area contributed by atoms with E-state index in [0.717, 1.165) is 5.56 Å². The Kier molecular flexibility index (Phi) is 7.77. The van der Waals surface area contributed by atoms with Crippen LogP contribution in [0.5, 0.6) is 0 Å². The minimum atomic E-state index is -0.984. The first kappa shape index (κ1) is 26.7. The third-order valence-corrected chi connectivity index (χ3v) is 6.29. The fraction of sp³-hybridized carbons (Fsp3) is 0.133. The zero-order valence-electron chi connectivity index (χ0n) is 21.6. The van der Waals surface area contributed by atoms with Crippen molar-refractivity contribution in [2.24, 2.45) is 5.73 Å². The summed E-state index contributed by atoms with van der Waals surface area (Å²) in [6.45, 7) is 1.94. The van der Waals surface area contributed by atoms with Gasteiger partial charge in [-0.15, -0.1) is 0 Å². The van der Waals surface area contributed by atoms with Gasteiger partial charge in [0.25, 0.3) is 5.91 Å². The summed E-state index contributed by atoms with van der Waals surface area (Å²) in [4.78, 5) is 40.7. The maximum absolute atomic E-state index is 13.2. The van der Waals surface area contributed by atoms with Crippen LogP contribution < -0.4 is 16.0 Å². The van der Waals surface area contributed by atoms with E-state index in [1.165, 1.54) is 25.2 Å². The summed E-state index contributed by atoms with van der Waals surface area (Å²) < 4.78 is 10.1. The van der Waals surface area contributed by atoms with Crippen molar-refractivity contribution in [2.45, 2.75) is 12.8 Å². The summed E-state index contributed by atoms with van der Waals surface area (Å²) in [7, 11) is 2.35. The number of aryl methyl sites for hydroxylation is 1. The SMILES string of the molecule is COC(=O)C1=C(C(=O)OC)N(c2cccc(C(=O)Nc3ccc(C)cc3)c2)C(N)=C(C#N)C1c1ccccc1. The number of benzene rings is 3. The Labute approximate surface area is 225 Å². The summed E-state index contributed by atoms with van der Waals surface area (Å²) in [5.41, 5.74) is 8.97. The van der Waals surface area contributed by atoms with Crippen molar-refractivity contribution >= 4 is 29.2 Å². The second-order valence-electron chi connectivity index (χ2n) is 8.71. The van der Waals surface area contributed by atoms with Gasteiger partial charge in [0.1, 0.15) is 11.5 Å². The Hall–Kier alpha value is -5.36. The number of nitrogens with two attached hydrogens (primary N) is 1. The second-order valence-corrected chi connectivity index (χ2v) is 8.71. The Morgan fingerprint density at radius 1 is 0.923 bits per heavy atom. The zero-order chi connectivity index (χ0) is 28.1. The molecule has 3 aromatic rings. The van der Waals surface area contributed by atoms with Gasteiger partial charge in [-0.25, -0.2) is 9.59 Å². The lowest BCUT2D eigenvalue weighted by atomic mass is 9.81. The summed E-state index contributed by atoms with van der Waals surface area (Å²) >= 11 is 0. The fourth-order valence-corrected chi connectivity index (χ4v) is 4.41. The lowest BCUT2D eigenvalue weighted by Gasteiger charge is -2.36. The number of hydrogen-bond acceptors (Lipinski definition) is 8. The molecule has 0 aliphatic carbocycles. The predicted octanol–water partition coefficient (Wildman–Crippen LogP) is 4.15. The number of hydrogen-bond donors (Lipinski definition) is 2. The van der Waals surface area contributed by atoms with Crippen molar-refractivity contribution in [3.63, 3.8) is 0 Å². The predicted molar refractivity (Wildman–Crippen MR) is 145 cm³/mol. The Balaban J connectivity index is 1.89. The van der Waals surface area contributed by atoms with E-state index in [0.29, 0.717) is 11.3 Å². The molecule has 1 aliphatic heterocycles. The molecule has 3 aromatic carbocycles. The number of anilines is 2. The number of nitrogens with zero attached hydrogens (tertiary/aromatic N) is 2. The molecular formula is C30H26N4O5. The molecule has 0 fully saturated rings. The molecule has 0 saturated heterocycles. The molecule has 1 atom stereocenters. The average Bonchev–Trinajstić information content (AvgIpc) is 2.97. The molecule has 9 nitrogen and oxygen atoms in total. The highest BCUT2D eigenvalue weighted by atomic mass is 16.5. The Morgan fingerprint density at radius 2 is 1.59 bits per heavy atom. The number of nitriles is 1. The highest BCUT2D eigenvalue weighted by Gasteiger charge is 2.43. The van der Waals surface area contributed by atoms with Crippen LogP contribution in [-0.2, 0) is 19.1 Å². The Morgan fingerprint density at radius 3 is 2.21 bits per heavy atom. The van der Waals surface area contributed by atoms with Crippen LogP contribution in [0.15, 0.2) is 102 Å². The van der Waals surface area contributed by atoms with Crippen LogP contribution in [0.3, 0.4) is 0 Å². The van der Waals surface area contributed by atoms with Crippen molar-refractivity contribution < 1.29 is 23.9 Å². The van der Waals surface area contributed by atoms with E-state index in [9.17, 15) is 19.6 Å². The van der Waals surface area contributed by atoms with Crippen LogP contribution in [0.1, 0.15) is 27.4 Å². The topological polar surface area (TPSA) is 135 Å². The molecule has 9 heteroatoms. The third-order valence-electron chi connectivity index (χ3n) is 6.29. The number of carbonyl (C=O) groups excluding carboxylic acids is 3. The monoisotopic (exact) mass is 522 g/mol. The van der Waals surface area contributed by atoms with Crippen molar-refractivity contribution in [3.05, 3.63) is 118 Å². The van der Waals surface area contributed by atoms with E-state index in [1.54, 1.807) is 60.7 Å². The van der Waals surface area contributed by atoms with Crippen LogP contribution in [0, 0.1) is 18.3 Å². The lowest BCUT2D eigenvalue weighted by Crippen LogP contribution is -2.40. The molecule has 0 bridgehead atoms. The van der Waals surface area contributed by atoms with Gasteiger partial charge in [0, 0.05) is 16.9 Å². The molecule has 196 valence electrons. The van der Waals surface area contributed by atoms with Gasteiger partial charge in [0.15, 0.2) is 0 Å². The molecule has 3 N–H and O–H groups in total. The van der Waals surface area contributed by atoms with E-state index < -0.39 is 23.8 Å². The molecule has 0 spiro atoms. The number of methoxy groups -OCH3 is 2. The highest BCUT2D eigenvalue weighted by Crippen LogP contribution is 2.43. The van der Waals surface area contributed by atoms with Gasteiger partial charge < -0.3 is 20.5 Å². The quantitative estimate of drug-likeness (QED) is 0.461. The number of nitrogens with one attached hydrogen (secondary N) is 1. The van der Waals surface area contributed by atoms with Crippen LogP contribution in [0.2, 0.25) is 0 Å². The molecule has 4 rings (SSSR count). The maximum Gasteiger partial charge on any atom is 0.355 e. The van der Waals surface area contributed by atoms with Gasteiger partial charge >= 0.3 is 11.9 Å². The van der Waals surface area contributed by atoms with Crippen LogP contribution in [-0.4, -0.2) is 32.1 Å². The molecule has 1 amide bonds. The van der Waals surface area contributed by atoms with E-state index in [-0.39, 0.29) is 33.9 Å². The number of ether oxygens (including phenoxy) is 2. The number of carbonyl (C=O) groups is 3. The fourth-order valence-electron chi connectivity index (χ4n) is 4.41. The Bertz CT molecular complexity index is 1540. The van der Waals surface area contributed by atoms with E-state index in [2.05, 4.69) is 11.4 Å². The normalized spacial score (nSPS) is 14.9. The van der Waals surface area contributed by atoms with Gasteiger partial charge in [-0.3, -0.25) is 9.69 Å². The number of allylic oxidation sites excluding steroid dienone is 1. The summed E-state index contributed by atoms with van der Waals surface area (Å²) in [6.07, 6.45) is 0.